The van der Waals surface area contributed by atoms with Crippen LogP contribution in [0.5, 0.6) is 0 Å². The lowest BCUT2D eigenvalue weighted by molar-refractivity contribution is 0.686. The highest BCUT2D eigenvalue weighted by atomic mass is 15.3. The second kappa shape index (κ2) is 8.04. The zero-order valence-corrected chi connectivity index (χ0v) is 15.9. The molecule has 0 amide bonds. The third kappa shape index (κ3) is 4.20. The lowest BCUT2D eigenvalue weighted by Gasteiger charge is -2.10. The van der Waals surface area contributed by atoms with Gasteiger partial charge in [0.15, 0.2) is 5.82 Å². The summed E-state index contributed by atoms with van der Waals surface area (Å²) in [6, 6.07) is 20.6. The summed E-state index contributed by atoms with van der Waals surface area (Å²) in [7, 11) is 0. The number of hydrazine groups is 1. The topological polar surface area (TPSA) is 121 Å². The number of benzene rings is 2. The van der Waals surface area contributed by atoms with Gasteiger partial charge in [-0.15, -0.1) is 0 Å². The van der Waals surface area contributed by atoms with Crippen LogP contribution in [0.4, 0.5) is 17.3 Å². The quantitative estimate of drug-likeness (QED) is 0.299. The smallest absolute Gasteiger partial charge is 0.165 e. The Labute approximate surface area is 169 Å². The zero-order valence-electron chi connectivity index (χ0n) is 15.9. The molecule has 0 saturated heterocycles. The maximum atomic E-state index is 6.13. The van der Waals surface area contributed by atoms with Crippen LogP contribution in [0.25, 0.3) is 11.1 Å². The van der Waals surface area contributed by atoms with Crippen LogP contribution in [0.1, 0.15) is 16.7 Å². The summed E-state index contributed by atoms with van der Waals surface area (Å²) >= 11 is 0. The first-order chi connectivity index (χ1) is 14.1. The fourth-order valence-electron chi connectivity index (χ4n) is 3.36. The van der Waals surface area contributed by atoms with Gasteiger partial charge in [0.2, 0.25) is 0 Å². The normalized spacial score (nSPS) is 10.8. The third-order valence-corrected chi connectivity index (χ3v) is 4.76. The summed E-state index contributed by atoms with van der Waals surface area (Å²) in [6.45, 7) is 0.685. The van der Waals surface area contributed by atoms with Gasteiger partial charge in [0.25, 0.3) is 0 Å². The molecular formula is C22H23N7. The van der Waals surface area contributed by atoms with Crippen LogP contribution in [0, 0.1) is 0 Å². The van der Waals surface area contributed by atoms with Gasteiger partial charge in [-0.2, -0.15) is 5.10 Å². The minimum atomic E-state index is 0.368. The molecule has 2 aromatic carbocycles. The van der Waals surface area contributed by atoms with Gasteiger partial charge >= 0.3 is 0 Å². The Kier molecular flexibility index (Phi) is 5.13. The number of nitrogen functional groups attached to an aromatic ring is 3. The third-order valence-electron chi connectivity index (χ3n) is 4.76. The summed E-state index contributed by atoms with van der Waals surface area (Å²) in [4.78, 5) is 4.08. The van der Waals surface area contributed by atoms with Crippen molar-refractivity contribution >= 4 is 17.3 Å². The Bertz CT molecular complexity index is 1120. The SMILES string of the molecule is NNc1nc(N)cc(Cc2cnn(Cc3cccc(-c4ccccc4)c3)c2)c1N. The van der Waals surface area contributed by atoms with E-state index in [1.54, 1.807) is 6.07 Å². The molecule has 0 spiro atoms. The number of aromatic nitrogens is 3. The number of nitrogens with one attached hydrogen (secondary N) is 1. The minimum absolute atomic E-state index is 0.368. The summed E-state index contributed by atoms with van der Waals surface area (Å²) in [5.74, 6) is 6.21. The average molecular weight is 385 g/mol. The number of hydrogen-bond donors (Lipinski definition) is 4. The number of hydrogen-bond acceptors (Lipinski definition) is 6. The highest BCUT2D eigenvalue weighted by Gasteiger charge is 2.10. The van der Waals surface area contributed by atoms with Gasteiger partial charge in [-0.25, -0.2) is 10.8 Å². The molecule has 29 heavy (non-hydrogen) atoms. The molecule has 0 aliphatic rings. The largest absolute Gasteiger partial charge is 0.395 e. The predicted octanol–water partition coefficient (Wildman–Crippen LogP) is 3.03. The molecule has 0 aliphatic carbocycles. The second-order valence-corrected chi connectivity index (χ2v) is 6.90. The molecule has 146 valence electrons. The van der Waals surface area contributed by atoms with Crippen molar-refractivity contribution in [2.75, 3.05) is 16.9 Å². The Hall–Kier alpha value is -3.84. The monoisotopic (exact) mass is 385 g/mol. The Morgan fingerprint density at radius 2 is 1.69 bits per heavy atom. The summed E-state index contributed by atoms with van der Waals surface area (Å²) < 4.78 is 1.92. The molecule has 0 radical (unpaired) electrons. The molecule has 2 aromatic heterocycles. The van der Waals surface area contributed by atoms with Crippen LogP contribution in [0.3, 0.4) is 0 Å². The molecule has 0 saturated carbocycles. The highest BCUT2D eigenvalue weighted by Crippen LogP contribution is 2.25. The van der Waals surface area contributed by atoms with Gasteiger partial charge < -0.3 is 16.9 Å². The number of anilines is 3. The van der Waals surface area contributed by atoms with Crippen LogP contribution >= 0.6 is 0 Å². The standard InChI is InChI=1S/C22H23N7/c23-20-11-19(21(24)22(27-20)28-25)10-16-12-26-29(14-16)13-15-5-4-8-18(9-15)17-6-2-1-3-7-17/h1-9,11-12,14H,10,13,24-25H2,(H3,23,27,28). The van der Waals surface area contributed by atoms with Crippen molar-refractivity contribution < 1.29 is 0 Å². The number of rotatable bonds is 6. The van der Waals surface area contributed by atoms with Crippen LogP contribution < -0.4 is 22.7 Å². The van der Waals surface area contributed by atoms with E-state index in [4.69, 9.17) is 17.3 Å². The number of nitrogens with zero attached hydrogens (tertiary/aromatic N) is 3. The van der Waals surface area contributed by atoms with Crippen LogP contribution in [-0.4, -0.2) is 14.8 Å². The van der Waals surface area contributed by atoms with E-state index in [1.165, 1.54) is 16.7 Å². The Morgan fingerprint density at radius 3 is 2.48 bits per heavy atom. The first-order valence-corrected chi connectivity index (χ1v) is 9.29. The van der Waals surface area contributed by atoms with E-state index in [0.29, 0.717) is 30.3 Å². The fraction of sp³-hybridized carbons (Fsp3) is 0.0909. The van der Waals surface area contributed by atoms with Gasteiger partial charge in [-0.1, -0.05) is 48.5 Å². The minimum Gasteiger partial charge on any atom is -0.395 e. The van der Waals surface area contributed by atoms with Crippen molar-refractivity contribution in [1.29, 1.82) is 0 Å². The molecule has 7 nitrogen and oxygen atoms in total. The Balaban J connectivity index is 1.52. The van der Waals surface area contributed by atoms with E-state index in [9.17, 15) is 0 Å². The highest BCUT2D eigenvalue weighted by molar-refractivity contribution is 5.68. The number of nitrogens with two attached hydrogens (primary N) is 3. The maximum absolute atomic E-state index is 6.13. The van der Waals surface area contributed by atoms with Crippen molar-refractivity contribution in [1.82, 2.24) is 14.8 Å². The van der Waals surface area contributed by atoms with E-state index in [0.717, 1.165) is 11.1 Å². The van der Waals surface area contributed by atoms with E-state index in [2.05, 4.69) is 51.9 Å². The number of pyridine rings is 1. The van der Waals surface area contributed by atoms with Crippen molar-refractivity contribution in [3.63, 3.8) is 0 Å². The van der Waals surface area contributed by atoms with Crippen molar-refractivity contribution in [3.8, 4) is 11.1 Å². The maximum Gasteiger partial charge on any atom is 0.165 e. The summed E-state index contributed by atoms with van der Waals surface area (Å²) in [5.41, 5.74) is 20.4. The summed E-state index contributed by atoms with van der Waals surface area (Å²) in [6.07, 6.45) is 4.45. The molecule has 0 aliphatic heterocycles. The van der Waals surface area contributed by atoms with Crippen molar-refractivity contribution in [2.45, 2.75) is 13.0 Å². The summed E-state index contributed by atoms with van der Waals surface area (Å²) in [5, 5.41) is 4.49. The van der Waals surface area contributed by atoms with Crippen LogP contribution in [0.2, 0.25) is 0 Å². The fourth-order valence-corrected chi connectivity index (χ4v) is 3.36. The van der Waals surface area contributed by atoms with Crippen LogP contribution in [0.15, 0.2) is 73.1 Å². The lowest BCUT2D eigenvalue weighted by Crippen LogP contribution is -2.13. The van der Waals surface area contributed by atoms with E-state index < -0.39 is 0 Å². The molecule has 7 N–H and O–H groups in total. The lowest BCUT2D eigenvalue weighted by atomic mass is 10.0. The molecule has 0 unspecified atom stereocenters. The average Bonchev–Trinajstić information content (AvgIpc) is 3.18. The van der Waals surface area contributed by atoms with Gasteiger partial charge in [0.05, 0.1) is 18.4 Å². The van der Waals surface area contributed by atoms with E-state index in [1.807, 2.05) is 35.3 Å². The first kappa shape index (κ1) is 18.5. The Morgan fingerprint density at radius 1 is 0.897 bits per heavy atom. The molecule has 0 bridgehead atoms. The van der Waals surface area contributed by atoms with Crippen molar-refractivity contribution in [2.24, 2.45) is 5.84 Å². The predicted molar refractivity (Wildman–Crippen MR) is 117 cm³/mol. The second-order valence-electron chi connectivity index (χ2n) is 6.90. The molecule has 4 aromatic rings. The van der Waals surface area contributed by atoms with Crippen molar-refractivity contribution in [3.05, 3.63) is 89.7 Å². The zero-order chi connectivity index (χ0) is 20.2. The van der Waals surface area contributed by atoms with Gasteiger partial charge in [-0.05, 0) is 39.9 Å². The molecule has 0 fully saturated rings. The van der Waals surface area contributed by atoms with Gasteiger partial charge in [0, 0.05) is 12.6 Å². The molecule has 4 rings (SSSR count). The van der Waals surface area contributed by atoms with Gasteiger partial charge in [-0.3, -0.25) is 4.68 Å². The van der Waals surface area contributed by atoms with Gasteiger partial charge in [0.1, 0.15) is 5.82 Å². The molecular weight excluding hydrogens is 362 g/mol. The van der Waals surface area contributed by atoms with E-state index >= 15 is 0 Å². The molecule has 0 atom stereocenters. The first-order valence-electron chi connectivity index (χ1n) is 9.29. The van der Waals surface area contributed by atoms with E-state index in [-0.39, 0.29) is 0 Å². The molecule has 7 heteroatoms. The molecule has 2 heterocycles. The van der Waals surface area contributed by atoms with Crippen LogP contribution in [-0.2, 0) is 13.0 Å².